The average molecular weight is 488 g/mol. The molecule has 2 heterocycles. The fourth-order valence-corrected chi connectivity index (χ4v) is 4.16. The first-order valence-corrected chi connectivity index (χ1v) is 10.3. The highest BCUT2D eigenvalue weighted by molar-refractivity contribution is 5.99. The zero-order chi connectivity index (χ0) is 21.4. The van der Waals surface area contributed by atoms with Gasteiger partial charge in [0.05, 0.1) is 12.1 Å². The number of carbonyl (C=O) groups excluding carboxylic acids is 1. The van der Waals surface area contributed by atoms with Gasteiger partial charge in [0.1, 0.15) is 5.82 Å². The number of carbonyl (C=O) groups is 1. The van der Waals surface area contributed by atoms with Crippen molar-refractivity contribution in [3.05, 3.63) is 78.2 Å². The molecular formula is C25H24Cl2FN3O2. The van der Waals surface area contributed by atoms with Crippen molar-refractivity contribution in [3.8, 4) is 11.1 Å². The molecule has 1 saturated heterocycles. The molecule has 8 heteroatoms. The minimum absolute atomic E-state index is 0. The third-order valence-corrected chi connectivity index (χ3v) is 5.86. The number of aliphatic hydroxyl groups is 1. The zero-order valence-corrected chi connectivity index (χ0v) is 19.3. The molecule has 0 spiro atoms. The van der Waals surface area contributed by atoms with E-state index in [2.05, 4.69) is 15.6 Å². The average Bonchev–Trinajstić information content (AvgIpc) is 3.25. The maximum absolute atomic E-state index is 13.6. The van der Waals surface area contributed by atoms with E-state index in [0.717, 1.165) is 39.2 Å². The predicted octanol–water partition coefficient (Wildman–Crippen LogP) is 4.49. The van der Waals surface area contributed by atoms with Gasteiger partial charge >= 0.3 is 0 Å². The molecule has 5 rings (SSSR count). The van der Waals surface area contributed by atoms with E-state index in [1.807, 2.05) is 42.5 Å². The van der Waals surface area contributed by atoms with E-state index >= 15 is 0 Å². The number of rotatable bonds is 4. The van der Waals surface area contributed by atoms with Crippen LogP contribution in [0.15, 0.2) is 66.9 Å². The third kappa shape index (κ3) is 5.25. The van der Waals surface area contributed by atoms with Gasteiger partial charge in [-0.15, -0.1) is 24.8 Å². The smallest absolute Gasteiger partial charge is 0.251 e. The number of aromatic nitrogens is 1. The van der Waals surface area contributed by atoms with E-state index in [4.69, 9.17) is 0 Å². The molecule has 0 bridgehead atoms. The largest absolute Gasteiger partial charge is 0.395 e. The summed E-state index contributed by atoms with van der Waals surface area (Å²) in [6.45, 7) is 0.740. The summed E-state index contributed by atoms with van der Waals surface area (Å²) in [5.41, 5.74) is 3.25. The number of aliphatic hydroxyl groups excluding tert-OH is 1. The van der Waals surface area contributed by atoms with Crippen molar-refractivity contribution in [1.82, 2.24) is 15.6 Å². The molecule has 1 aliphatic heterocycles. The van der Waals surface area contributed by atoms with Gasteiger partial charge < -0.3 is 15.7 Å². The van der Waals surface area contributed by atoms with Gasteiger partial charge in [-0.3, -0.25) is 9.78 Å². The number of amides is 1. The highest BCUT2D eigenvalue weighted by atomic mass is 35.5. The van der Waals surface area contributed by atoms with E-state index in [-0.39, 0.29) is 55.2 Å². The van der Waals surface area contributed by atoms with Crippen molar-refractivity contribution >= 4 is 52.4 Å². The molecule has 0 saturated carbocycles. The van der Waals surface area contributed by atoms with Crippen molar-refractivity contribution in [2.45, 2.75) is 18.5 Å². The van der Waals surface area contributed by atoms with Crippen LogP contribution in [-0.4, -0.2) is 41.2 Å². The van der Waals surface area contributed by atoms with Crippen molar-refractivity contribution in [3.63, 3.8) is 0 Å². The molecule has 3 aromatic carbocycles. The Balaban J connectivity index is 0.00000153. The van der Waals surface area contributed by atoms with Crippen molar-refractivity contribution in [2.24, 2.45) is 0 Å². The van der Waals surface area contributed by atoms with Gasteiger partial charge in [0.2, 0.25) is 0 Å². The zero-order valence-electron chi connectivity index (χ0n) is 17.6. The number of hydrogen-bond acceptors (Lipinski definition) is 4. The van der Waals surface area contributed by atoms with Crippen molar-refractivity contribution < 1.29 is 14.3 Å². The normalized spacial score (nSPS) is 17.4. The van der Waals surface area contributed by atoms with Crippen LogP contribution in [0.4, 0.5) is 4.39 Å². The molecule has 3 N–H and O–H groups in total. The lowest BCUT2D eigenvalue weighted by molar-refractivity contribution is 0.0939. The number of nitrogens with one attached hydrogen (secondary N) is 2. The van der Waals surface area contributed by atoms with Gasteiger partial charge in [-0.25, -0.2) is 4.39 Å². The van der Waals surface area contributed by atoms with Gasteiger partial charge in [-0.1, -0.05) is 18.2 Å². The Labute approximate surface area is 203 Å². The molecule has 33 heavy (non-hydrogen) atoms. The molecule has 1 aromatic heterocycles. The van der Waals surface area contributed by atoms with Crippen LogP contribution in [0.1, 0.15) is 16.8 Å². The molecule has 4 aromatic rings. The lowest BCUT2D eigenvalue weighted by Gasteiger charge is -2.12. The number of hydrogen-bond donors (Lipinski definition) is 3. The van der Waals surface area contributed by atoms with Crippen LogP contribution < -0.4 is 10.6 Å². The standard InChI is InChI=1S/C25H22FN3O2.2ClH/c26-21-5-6-24-19(10-21)9-20(12-28-24)17-2-1-16-8-18(4-3-15(16)7-17)25(31)29-22-11-23(14-30)27-13-22;;/h1-10,12,22-23,27,30H,11,13-14H2,(H,29,31);2*1H/t22-,23+;;/m0../s1. The second-order valence-corrected chi connectivity index (χ2v) is 8.03. The van der Waals surface area contributed by atoms with Gasteiger partial charge in [-0.2, -0.15) is 0 Å². The maximum Gasteiger partial charge on any atom is 0.251 e. The summed E-state index contributed by atoms with van der Waals surface area (Å²) in [7, 11) is 0. The second kappa shape index (κ2) is 10.4. The molecule has 0 unspecified atom stereocenters. The quantitative estimate of drug-likeness (QED) is 0.396. The van der Waals surface area contributed by atoms with Gasteiger partial charge in [-0.05, 0) is 65.2 Å². The molecule has 2 atom stereocenters. The molecule has 1 aliphatic rings. The lowest BCUT2D eigenvalue weighted by Crippen LogP contribution is -2.36. The number of fused-ring (bicyclic) bond motifs is 2. The summed E-state index contributed by atoms with van der Waals surface area (Å²) in [4.78, 5) is 17.1. The van der Waals surface area contributed by atoms with Gasteiger partial charge in [0.25, 0.3) is 5.91 Å². The van der Waals surface area contributed by atoms with Crippen LogP contribution >= 0.6 is 24.8 Å². The Kier molecular flexibility index (Phi) is 7.87. The Morgan fingerprint density at radius 2 is 1.76 bits per heavy atom. The predicted molar refractivity (Wildman–Crippen MR) is 134 cm³/mol. The Morgan fingerprint density at radius 3 is 2.55 bits per heavy atom. The topological polar surface area (TPSA) is 74.2 Å². The summed E-state index contributed by atoms with van der Waals surface area (Å²) in [5.74, 6) is -0.395. The molecule has 172 valence electrons. The van der Waals surface area contributed by atoms with Crippen LogP contribution in [-0.2, 0) is 0 Å². The lowest BCUT2D eigenvalue weighted by atomic mass is 9.99. The van der Waals surface area contributed by atoms with E-state index in [0.29, 0.717) is 12.1 Å². The first kappa shape index (κ1) is 24.9. The van der Waals surface area contributed by atoms with E-state index in [9.17, 15) is 14.3 Å². The van der Waals surface area contributed by atoms with Crippen LogP contribution in [0.25, 0.3) is 32.8 Å². The van der Waals surface area contributed by atoms with Crippen LogP contribution in [0.3, 0.4) is 0 Å². The number of nitrogens with zero attached hydrogens (tertiary/aromatic N) is 1. The number of pyridine rings is 1. The van der Waals surface area contributed by atoms with Crippen LogP contribution in [0, 0.1) is 5.82 Å². The highest BCUT2D eigenvalue weighted by Crippen LogP contribution is 2.27. The minimum atomic E-state index is -0.281. The summed E-state index contributed by atoms with van der Waals surface area (Å²) in [6.07, 6.45) is 2.52. The summed E-state index contributed by atoms with van der Waals surface area (Å²) in [5, 5.41) is 18.2. The highest BCUT2D eigenvalue weighted by Gasteiger charge is 2.24. The Hall–Kier alpha value is -2.77. The summed E-state index contributed by atoms with van der Waals surface area (Å²) < 4.78 is 13.6. The van der Waals surface area contributed by atoms with Crippen LogP contribution in [0.5, 0.6) is 0 Å². The maximum atomic E-state index is 13.6. The molecule has 0 aliphatic carbocycles. The molecule has 5 nitrogen and oxygen atoms in total. The number of halogens is 3. The second-order valence-electron chi connectivity index (χ2n) is 8.03. The Morgan fingerprint density at radius 1 is 1.00 bits per heavy atom. The fourth-order valence-electron chi connectivity index (χ4n) is 4.16. The third-order valence-electron chi connectivity index (χ3n) is 5.86. The fraction of sp³-hybridized carbons (Fsp3) is 0.200. The van der Waals surface area contributed by atoms with Gasteiger partial charge in [0, 0.05) is 41.3 Å². The van der Waals surface area contributed by atoms with Crippen LogP contribution in [0.2, 0.25) is 0 Å². The van der Waals surface area contributed by atoms with Crippen molar-refractivity contribution in [2.75, 3.05) is 13.2 Å². The van der Waals surface area contributed by atoms with E-state index < -0.39 is 0 Å². The Bertz CT molecular complexity index is 1300. The van der Waals surface area contributed by atoms with Gasteiger partial charge in [0.15, 0.2) is 0 Å². The first-order valence-electron chi connectivity index (χ1n) is 10.3. The molecular weight excluding hydrogens is 464 g/mol. The number of benzene rings is 3. The molecule has 0 radical (unpaired) electrons. The van der Waals surface area contributed by atoms with Crippen molar-refractivity contribution in [1.29, 1.82) is 0 Å². The molecule has 1 amide bonds. The summed E-state index contributed by atoms with van der Waals surface area (Å²) in [6, 6.07) is 18.2. The summed E-state index contributed by atoms with van der Waals surface area (Å²) >= 11 is 0. The van der Waals surface area contributed by atoms with E-state index in [1.54, 1.807) is 12.3 Å². The van der Waals surface area contributed by atoms with E-state index in [1.165, 1.54) is 12.1 Å². The first-order chi connectivity index (χ1) is 15.1. The minimum Gasteiger partial charge on any atom is -0.395 e. The SMILES string of the molecule is Cl.Cl.O=C(N[C@@H]1CN[C@@H](CO)C1)c1ccc2cc(-c3cnc4ccc(F)cc4c3)ccc2c1. The molecule has 1 fully saturated rings. The monoisotopic (exact) mass is 487 g/mol.